The van der Waals surface area contributed by atoms with Gasteiger partial charge in [-0.3, -0.25) is 9.69 Å². The minimum Gasteiger partial charge on any atom is -0.443 e. The Bertz CT molecular complexity index is 1080. The first-order valence-corrected chi connectivity index (χ1v) is 9.37. The lowest BCUT2D eigenvalue weighted by Crippen LogP contribution is -2.35. The second kappa shape index (κ2) is 6.34. The number of rotatable bonds is 2. The summed E-state index contributed by atoms with van der Waals surface area (Å²) in [5, 5.41) is 8.03. The van der Waals surface area contributed by atoms with Gasteiger partial charge in [0.1, 0.15) is 5.60 Å². The third-order valence-electron chi connectivity index (χ3n) is 4.01. The molecule has 3 aromatic rings. The molecule has 0 radical (unpaired) electrons. The Kier molecular flexibility index (Phi) is 4.11. The molecule has 140 valence electrons. The van der Waals surface area contributed by atoms with Crippen molar-refractivity contribution >= 4 is 38.9 Å². The van der Waals surface area contributed by atoms with E-state index in [4.69, 9.17) is 4.74 Å². The Morgan fingerprint density at radius 3 is 2.85 bits per heavy atom. The van der Waals surface area contributed by atoms with E-state index in [9.17, 15) is 9.59 Å². The molecule has 8 nitrogen and oxygen atoms in total. The molecule has 2 aromatic heterocycles. The molecule has 27 heavy (non-hydrogen) atoms. The van der Waals surface area contributed by atoms with Crippen LogP contribution in [-0.4, -0.2) is 32.8 Å². The van der Waals surface area contributed by atoms with Crippen molar-refractivity contribution in [1.82, 2.24) is 14.6 Å². The Balaban J connectivity index is 1.56. The molecule has 1 N–H and O–H groups in total. The van der Waals surface area contributed by atoms with Crippen molar-refractivity contribution in [3.63, 3.8) is 0 Å². The van der Waals surface area contributed by atoms with E-state index in [-0.39, 0.29) is 11.7 Å². The monoisotopic (exact) mass is 385 g/mol. The van der Waals surface area contributed by atoms with Gasteiger partial charge in [-0.05, 0) is 51.0 Å². The largest absolute Gasteiger partial charge is 0.443 e. The Labute approximate surface area is 159 Å². The number of anilines is 3. The molecule has 0 aliphatic carbocycles. The highest BCUT2D eigenvalue weighted by molar-refractivity contribution is 7.20. The van der Waals surface area contributed by atoms with Gasteiger partial charge in [0.25, 0.3) is 5.56 Å². The van der Waals surface area contributed by atoms with Crippen LogP contribution in [0.1, 0.15) is 26.3 Å². The summed E-state index contributed by atoms with van der Waals surface area (Å²) in [5.41, 5.74) is 2.01. The minimum atomic E-state index is -0.527. The molecule has 1 aliphatic heterocycles. The fourth-order valence-electron chi connectivity index (χ4n) is 2.90. The SMILES string of the molecule is CC(C)(C)OC(=O)N1CCc2cc(Nc3nn4c(=O)ccnc4s3)ccc21. The molecule has 9 heteroatoms. The molecule has 0 fully saturated rings. The average molecular weight is 385 g/mol. The van der Waals surface area contributed by atoms with Crippen molar-refractivity contribution in [2.24, 2.45) is 0 Å². The van der Waals surface area contributed by atoms with Gasteiger partial charge in [0.15, 0.2) is 0 Å². The van der Waals surface area contributed by atoms with E-state index in [2.05, 4.69) is 15.4 Å². The van der Waals surface area contributed by atoms with E-state index in [1.165, 1.54) is 28.1 Å². The van der Waals surface area contributed by atoms with Crippen LogP contribution in [0.3, 0.4) is 0 Å². The first-order chi connectivity index (χ1) is 12.8. The van der Waals surface area contributed by atoms with Crippen LogP contribution in [0.5, 0.6) is 0 Å². The summed E-state index contributed by atoms with van der Waals surface area (Å²) in [6.07, 6.45) is 1.89. The summed E-state index contributed by atoms with van der Waals surface area (Å²) in [6.45, 7) is 6.15. The average Bonchev–Trinajstić information content (AvgIpc) is 3.17. The number of carbonyl (C=O) groups is 1. The summed E-state index contributed by atoms with van der Waals surface area (Å²) in [6, 6.07) is 7.13. The molecule has 0 unspecified atom stereocenters. The van der Waals surface area contributed by atoms with Gasteiger partial charge in [0, 0.05) is 24.5 Å². The molecular weight excluding hydrogens is 366 g/mol. The molecular formula is C18H19N5O3S. The van der Waals surface area contributed by atoms with Gasteiger partial charge >= 0.3 is 6.09 Å². The predicted octanol–water partition coefficient (Wildman–Crippen LogP) is 3.19. The van der Waals surface area contributed by atoms with Crippen molar-refractivity contribution in [1.29, 1.82) is 0 Å². The van der Waals surface area contributed by atoms with Gasteiger partial charge in [0.2, 0.25) is 10.1 Å². The fourth-order valence-corrected chi connectivity index (χ4v) is 3.70. The van der Waals surface area contributed by atoms with Crippen molar-refractivity contribution in [2.45, 2.75) is 32.8 Å². The van der Waals surface area contributed by atoms with Crippen molar-refractivity contribution in [2.75, 3.05) is 16.8 Å². The number of amides is 1. The lowest BCUT2D eigenvalue weighted by Gasteiger charge is -2.24. The highest BCUT2D eigenvalue weighted by atomic mass is 32.1. The topological polar surface area (TPSA) is 88.8 Å². The van der Waals surface area contributed by atoms with Crippen LogP contribution in [-0.2, 0) is 11.2 Å². The standard InChI is InChI=1S/C18H19N5O3S/c1-18(2,3)26-17(25)22-9-7-11-10-12(4-5-13(11)22)20-15-21-23-14(24)6-8-19-16(23)27-15/h4-6,8,10H,7,9H2,1-3H3,(H,20,21). The Morgan fingerprint density at radius 2 is 2.11 bits per heavy atom. The summed E-state index contributed by atoms with van der Waals surface area (Å²) < 4.78 is 6.74. The zero-order chi connectivity index (χ0) is 19.2. The lowest BCUT2D eigenvalue weighted by atomic mass is 10.1. The van der Waals surface area contributed by atoms with E-state index in [0.29, 0.717) is 16.6 Å². The van der Waals surface area contributed by atoms with Gasteiger partial charge in [-0.15, -0.1) is 5.10 Å². The molecule has 0 saturated heterocycles. The van der Waals surface area contributed by atoms with E-state index < -0.39 is 5.60 Å². The van der Waals surface area contributed by atoms with Gasteiger partial charge in [-0.2, -0.15) is 4.52 Å². The fraction of sp³-hybridized carbons (Fsp3) is 0.333. The summed E-state index contributed by atoms with van der Waals surface area (Å²) in [5.74, 6) is 0. The number of hydrogen-bond donors (Lipinski definition) is 1. The van der Waals surface area contributed by atoms with E-state index >= 15 is 0 Å². The van der Waals surface area contributed by atoms with Gasteiger partial charge in [-0.25, -0.2) is 9.78 Å². The molecule has 0 saturated carbocycles. The smallest absolute Gasteiger partial charge is 0.414 e. The second-order valence-electron chi connectivity index (χ2n) is 7.24. The summed E-state index contributed by atoms with van der Waals surface area (Å²) in [7, 11) is 0. The highest BCUT2D eigenvalue weighted by Crippen LogP contribution is 2.33. The minimum absolute atomic E-state index is 0.216. The number of benzene rings is 1. The maximum Gasteiger partial charge on any atom is 0.414 e. The van der Waals surface area contributed by atoms with E-state index in [1.807, 2.05) is 39.0 Å². The van der Waals surface area contributed by atoms with Crippen LogP contribution in [0.25, 0.3) is 4.96 Å². The van der Waals surface area contributed by atoms with Crippen LogP contribution in [0, 0.1) is 0 Å². The first kappa shape index (κ1) is 17.5. The van der Waals surface area contributed by atoms with Gasteiger partial charge in [0.05, 0.1) is 5.69 Å². The van der Waals surface area contributed by atoms with Crippen molar-refractivity contribution < 1.29 is 9.53 Å². The number of aromatic nitrogens is 3. The van der Waals surface area contributed by atoms with Crippen LogP contribution >= 0.6 is 11.3 Å². The second-order valence-corrected chi connectivity index (χ2v) is 8.19. The number of nitrogens with one attached hydrogen (secondary N) is 1. The van der Waals surface area contributed by atoms with Crippen LogP contribution in [0.2, 0.25) is 0 Å². The Morgan fingerprint density at radius 1 is 1.30 bits per heavy atom. The van der Waals surface area contributed by atoms with Gasteiger partial charge < -0.3 is 10.1 Å². The molecule has 1 aliphatic rings. The number of ether oxygens (including phenoxy) is 1. The summed E-state index contributed by atoms with van der Waals surface area (Å²) in [4.78, 5) is 30.5. The molecule has 1 aromatic carbocycles. The van der Waals surface area contributed by atoms with Crippen molar-refractivity contribution in [3.8, 4) is 0 Å². The van der Waals surface area contributed by atoms with E-state index in [0.717, 1.165) is 23.4 Å². The number of hydrogen-bond acceptors (Lipinski definition) is 7. The molecule has 0 atom stereocenters. The molecule has 0 bridgehead atoms. The summed E-state index contributed by atoms with van der Waals surface area (Å²) >= 11 is 1.30. The van der Waals surface area contributed by atoms with E-state index in [1.54, 1.807) is 4.90 Å². The maximum atomic E-state index is 12.4. The van der Waals surface area contributed by atoms with Crippen LogP contribution in [0.4, 0.5) is 21.3 Å². The van der Waals surface area contributed by atoms with Crippen LogP contribution in [0.15, 0.2) is 35.3 Å². The zero-order valence-corrected chi connectivity index (χ0v) is 16.0. The third kappa shape index (κ3) is 3.50. The highest BCUT2D eigenvalue weighted by Gasteiger charge is 2.29. The molecule has 1 amide bonds. The van der Waals surface area contributed by atoms with Crippen LogP contribution < -0.4 is 15.8 Å². The third-order valence-corrected chi connectivity index (χ3v) is 4.85. The lowest BCUT2D eigenvalue weighted by molar-refractivity contribution is 0.0584. The quantitative estimate of drug-likeness (QED) is 0.729. The molecule has 3 heterocycles. The number of fused-ring (bicyclic) bond motifs is 2. The zero-order valence-electron chi connectivity index (χ0n) is 15.2. The molecule has 4 rings (SSSR count). The van der Waals surface area contributed by atoms with Crippen molar-refractivity contribution in [3.05, 3.63) is 46.4 Å². The maximum absolute atomic E-state index is 12.4. The number of carbonyl (C=O) groups excluding carboxylic acids is 1. The number of nitrogens with zero attached hydrogens (tertiary/aromatic N) is 4. The Hall–Kier alpha value is -2.94. The normalized spacial score (nSPS) is 13.7. The molecule has 0 spiro atoms. The van der Waals surface area contributed by atoms with Gasteiger partial charge in [-0.1, -0.05) is 11.3 Å². The first-order valence-electron chi connectivity index (χ1n) is 8.55. The predicted molar refractivity (Wildman–Crippen MR) is 104 cm³/mol.